The van der Waals surface area contributed by atoms with Crippen LogP contribution in [0.1, 0.15) is 15.9 Å². The third-order valence-electron chi connectivity index (χ3n) is 2.63. The van der Waals surface area contributed by atoms with E-state index >= 15 is 0 Å². The Kier molecular flexibility index (Phi) is 3.35. The van der Waals surface area contributed by atoms with Gasteiger partial charge in [-0.15, -0.1) is 0 Å². The molecule has 19 heavy (non-hydrogen) atoms. The van der Waals surface area contributed by atoms with Gasteiger partial charge in [-0.1, -0.05) is 12.1 Å². The normalized spacial score (nSPS) is 9.63. The zero-order valence-electron chi connectivity index (χ0n) is 10.1. The fraction of sp³-hybridized carbons (Fsp3) is 0. The third-order valence-corrected chi connectivity index (χ3v) is 2.63. The lowest BCUT2D eigenvalue weighted by Gasteiger charge is -2.11. The molecule has 0 fully saturated rings. The van der Waals surface area contributed by atoms with Crippen molar-refractivity contribution in [3.63, 3.8) is 0 Å². The first kappa shape index (κ1) is 12.5. The molecule has 0 heterocycles. The number of hydrogen-bond acceptors (Lipinski definition) is 4. The molecular weight excluding hydrogens is 240 g/mol. The summed E-state index contributed by atoms with van der Waals surface area (Å²) in [5.74, 6) is -0.579. The van der Waals surface area contributed by atoms with Gasteiger partial charge in [0, 0.05) is 5.69 Å². The van der Waals surface area contributed by atoms with E-state index in [9.17, 15) is 4.79 Å². The van der Waals surface area contributed by atoms with Crippen LogP contribution in [-0.2, 0) is 0 Å². The SMILES string of the molecule is N#Cc1ccccc1Nc1ccc(N)cc1C(N)=O. The highest BCUT2D eigenvalue weighted by molar-refractivity contribution is 6.00. The van der Waals surface area contributed by atoms with Gasteiger partial charge >= 0.3 is 0 Å². The Morgan fingerprint density at radius 3 is 2.58 bits per heavy atom. The van der Waals surface area contributed by atoms with Crippen LogP contribution in [0.3, 0.4) is 0 Å². The number of benzene rings is 2. The highest BCUT2D eigenvalue weighted by Crippen LogP contribution is 2.24. The summed E-state index contributed by atoms with van der Waals surface area (Å²) in [6.45, 7) is 0. The fourth-order valence-electron chi connectivity index (χ4n) is 1.71. The molecule has 0 aromatic heterocycles. The Balaban J connectivity index is 2.44. The van der Waals surface area contributed by atoms with Crippen molar-refractivity contribution in [2.24, 2.45) is 5.73 Å². The van der Waals surface area contributed by atoms with E-state index in [1.807, 2.05) is 0 Å². The molecule has 5 nitrogen and oxygen atoms in total. The van der Waals surface area contributed by atoms with Gasteiger partial charge in [-0.3, -0.25) is 4.79 Å². The van der Waals surface area contributed by atoms with E-state index in [1.165, 1.54) is 6.07 Å². The van der Waals surface area contributed by atoms with E-state index in [-0.39, 0.29) is 5.56 Å². The number of anilines is 3. The number of amides is 1. The molecular formula is C14H12N4O. The predicted octanol–water partition coefficient (Wildman–Crippen LogP) is 1.98. The molecule has 0 radical (unpaired) electrons. The molecule has 0 saturated heterocycles. The van der Waals surface area contributed by atoms with Gasteiger partial charge in [0.15, 0.2) is 0 Å². The largest absolute Gasteiger partial charge is 0.399 e. The number of nitrogens with zero attached hydrogens (tertiary/aromatic N) is 1. The van der Waals surface area contributed by atoms with Crippen molar-refractivity contribution in [3.8, 4) is 6.07 Å². The van der Waals surface area contributed by atoms with Crippen molar-refractivity contribution in [1.82, 2.24) is 0 Å². The maximum absolute atomic E-state index is 11.4. The Morgan fingerprint density at radius 2 is 1.89 bits per heavy atom. The van der Waals surface area contributed by atoms with Crippen LogP contribution in [0.25, 0.3) is 0 Å². The summed E-state index contributed by atoms with van der Waals surface area (Å²) in [5, 5.41) is 12.0. The van der Waals surface area contributed by atoms with Crippen LogP contribution in [-0.4, -0.2) is 5.91 Å². The number of rotatable bonds is 3. The number of nitrogens with one attached hydrogen (secondary N) is 1. The van der Waals surface area contributed by atoms with Gasteiger partial charge in [-0.25, -0.2) is 0 Å². The maximum atomic E-state index is 11.4. The molecule has 0 unspecified atom stereocenters. The lowest BCUT2D eigenvalue weighted by atomic mass is 10.1. The van der Waals surface area contributed by atoms with E-state index < -0.39 is 5.91 Å². The number of carbonyl (C=O) groups is 1. The Bertz CT molecular complexity index is 673. The summed E-state index contributed by atoms with van der Waals surface area (Å²) in [6, 6.07) is 13.9. The lowest BCUT2D eigenvalue weighted by molar-refractivity contribution is 0.100. The van der Waals surface area contributed by atoms with Crippen molar-refractivity contribution in [3.05, 3.63) is 53.6 Å². The standard InChI is InChI=1S/C14H12N4O/c15-8-9-3-1-2-4-12(9)18-13-6-5-10(16)7-11(13)14(17)19/h1-7,18H,16H2,(H2,17,19). The minimum absolute atomic E-state index is 0.285. The zero-order chi connectivity index (χ0) is 13.8. The van der Waals surface area contributed by atoms with E-state index in [4.69, 9.17) is 16.7 Å². The molecule has 0 atom stereocenters. The molecule has 0 aliphatic heterocycles. The molecule has 5 heteroatoms. The molecule has 2 aromatic carbocycles. The average Bonchev–Trinajstić information content (AvgIpc) is 2.41. The monoisotopic (exact) mass is 252 g/mol. The molecule has 94 valence electrons. The maximum Gasteiger partial charge on any atom is 0.250 e. The van der Waals surface area contributed by atoms with Gasteiger partial charge in [0.25, 0.3) is 5.91 Å². The molecule has 0 aliphatic carbocycles. The van der Waals surface area contributed by atoms with E-state index in [0.717, 1.165) is 0 Å². The van der Waals surface area contributed by atoms with Gasteiger partial charge in [-0.05, 0) is 30.3 Å². The number of hydrogen-bond donors (Lipinski definition) is 3. The number of carbonyl (C=O) groups excluding carboxylic acids is 1. The molecule has 0 aliphatic rings. The second-order valence-corrected chi connectivity index (χ2v) is 3.95. The minimum atomic E-state index is -0.579. The zero-order valence-corrected chi connectivity index (χ0v) is 10.1. The quantitative estimate of drug-likeness (QED) is 0.726. The van der Waals surface area contributed by atoms with Crippen LogP contribution < -0.4 is 16.8 Å². The van der Waals surface area contributed by atoms with Crippen molar-refractivity contribution in [2.45, 2.75) is 0 Å². The first-order valence-electron chi connectivity index (χ1n) is 5.57. The molecule has 0 bridgehead atoms. The van der Waals surface area contributed by atoms with Gasteiger partial charge in [0.05, 0.1) is 22.5 Å². The van der Waals surface area contributed by atoms with E-state index in [0.29, 0.717) is 22.6 Å². The summed E-state index contributed by atoms with van der Waals surface area (Å²) in [7, 11) is 0. The van der Waals surface area contributed by atoms with E-state index in [1.54, 1.807) is 36.4 Å². The van der Waals surface area contributed by atoms with Crippen LogP contribution >= 0.6 is 0 Å². The van der Waals surface area contributed by atoms with Crippen molar-refractivity contribution >= 4 is 23.0 Å². The number of nitrogen functional groups attached to an aromatic ring is 1. The van der Waals surface area contributed by atoms with E-state index in [2.05, 4.69) is 11.4 Å². The average molecular weight is 252 g/mol. The molecule has 5 N–H and O–H groups in total. The first-order chi connectivity index (χ1) is 9.11. The summed E-state index contributed by atoms with van der Waals surface area (Å²) in [6.07, 6.45) is 0. The van der Waals surface area contributed by atoms with Crippen LogP contribution in [0.15, 0.2) is 42.5 Å². The smallest absolute Gasteiger partial charge is 0.250 e. The molecule has 1 amide bonds. The van der Waals surface area contributed by atoms with Crippen LogP contribution in [0.2, 0.25) is 0 Å². The van der Waals surface area contributed by atoms with Gasteiger partial charge in [0.1, 0.15) is 6.07 Å². The first-order valence-corrected chi connectivity index (χ1v) is 5.57. The number of nitrogens with two attached hydrogens (primary N) is 2. The number of para-hydroxylation sites is 1. The topological polar surface area (TPSA) is 105 Å². The lowest BCUT2D eigenvalue weighted by Crippen LogP contribution is -2.14. The number of nitriles is 1. The second-order valence-electron chi connectivity index (χ2n) is 3.95. The minimum Gasteiger partial charge on any atom is -0.399 e. The summed E-state index contributed by atoms with van der Waals surface area (Å²) in [5.41, 5.74) is 13.3. The molecule has 0 saturated carbocycles. The third kappa shape index (κ3) is 2.64. The highest BCUT2D eigenvalue weighted by Gasteiger charge is 2.10. The van der Waals surface area contributed by atoms with Crippen molar-refractivity contribution in [2.75, 3.05) is 11.1 Å². The van der Waals surface area contributed by atoms with Gasteiger partial charge in [-0.2, -0.15) is 5.26 Å². The Morgan fingerprint density at radius 1 is 1.16 bits per heavy atom. The molecule has 2 aromatic rings. The molecule has 0 spiro atoms. The van der Waals surface area contributed by atoms with Crippen LogP contribution in [0.5, 0.6) is 0 Å². The second kappa shape index (κ2) is 5.10. The van der Waals surface area contributed by atoms with Crippen molar-refractivity contribution < 1.29 is 4.79 Å². The van der Waals surface area contributed by atoms with Gasteiger partial charge < -0.3 is 16.8 Å². The van der Waals surface area contributed by atoms with Gasteiger partial charge in [0.2, 0.25) is 0 Å². The fourth-order valence-corrected chi connectivity index (χ4v) is 1.71. The summed E-state index contributed by atoms with van der Waals surface area (Å²) < 4.78 is 0. The Hall–Kier alpha value is -3.00. The molecule has 2 rings (SSSR count). The number of primary amides is 1. The highest BCUT2D eigenvalue weighted by atomic mass is 16.1. The summed E-state index contributed by atoms with van der Waals surface area (Å²) >= 11 is 0. The summed E-state index contributed by atoms with van der Waals surface area (Å²) in [4.78, 5) is 11.4. The predicted molar refractivity (Wildman–Crippen MR) is 73.8 cm³/mol. The van der Waals surface area contributed by atoms with Crippen molar-refractivity contribution in [1.29, 1.82) is 5.26 Å². The van der Waals surface area contributed by atoms with Crippen LogP contribution in [0.4, 0.5) is 17.1 Å². The van der Waals surface area contributed by atoms with Crippen LogP contribution in [0, 0.1) is 11.3 Å². The Labute approximate surface area is 110 Å².